The van der Waals surface area contributed by atoms with Gasteiger partial charge in [-0.05, 0) is 36.6 Å². The maximum absolute atomic E-state index is 12.1. The van der Waals surface area contributed by atoms with E-state index in [1.807, 2.05) is 54.2 Å². The molecule has 3 rings (SSSR count). The molecule has 5 nitrogen and oxygen atoms in total. The van der Waals surface area contributed by atoms with Crippen LogP contribution in [0.1, 0.15) is 25.3 Å². The summed E-state index contributed by atoms with van der Waals surface area (Å²) < 4.78 is 1.91. The number of nitrogens with zero attached hydrogens (tertiary/aromatic N) is 2. The van der Waals surface area contributed by atoms with Crippen molar-refractivity contribution in [2.24, 2.45) is 0 Å². The van der Waals surface area contributed by atoms with Crippen molar-refractivity contribution in [1.29, 1.82) is 0 Å². The van der Waals surface area contributed by atoms with Crippen molar-refractivity contribution in [2.75, 3.05) is 11.9 Å². The van der Waals surface area contributed by atoms with Gasteiger partial charge in [-0.3, -0.25) is 4.68 Å². The lowest BCUT2D eigenvalue weighted by molar-refractivity contribution is 0.251. The number of anilines is 1. The predicted molar refractivity (Wildman–Crippen MR) is 97.3 cm³/mol. The Balaban J connectivity index is 1.60. The van der Waals surface area contributed by atoms with Crippen molar-refractivity contribution in [3.8, 4) is 0 Å². The van der Waals surface area contributed by atoms with Crippen LogP contribution in [0.5, 0.6) is 0 Å². The molecule has 1 heterocycles. The van der Waals surface area contributed by atoms with Crippen molar-refractivity contribution in [3.63, 3.8) is 0 Å². The van der Waals surface area contributed by atoms with Gasteiger partial charge in [-0.15, -0.1) is 0 Å². The molecule has 2 aromatic carbocycles. The highest BCUT2D eigenvalue weighted by Gasteiger charge is 2.09. The van der Waals surface area contributed by atoms with Gasteiger partial charge in [0.15, 0.2) is 0 Å². The van der Waals surface area contributed by atoms with Crippen LogP contribution in [0.3, 0.4) is 0 Å². The van der Waals surface area contributed by atoms with Crippen molar-refractivity contribution >= 4 is 22.6 Å². The van der Waals surface area contributed by atoms with E-state index in [0.717, 1.165) is 23.1 Å². The third-order valence-electron chi connectivity index (χ3n) is 4.14. The van der Waals surface area contributed by atoms with Crippen molar-refractivity contribution < 1.29 is 4.79 Å². The van der Waals surface area contributed by atoms with Gasteiger partial charge in [-0.2, -0.15) is 5.10 Å². The Morgan fingerprint density at radius 1 is 1.21 bits per heavy atom. The highest BCUT2D eigenvalue weighted by molar-refractivity contribution is 5.92. The molecule has 2 amide bonds. The van der Waals surface area contributed by atoms with Gasteiger partial charge in [0, 0.05) is 24.2 Å². The smallest absolute Gasteiger partial charge is 0.319 e. The number of aryl methyl sites for hydroxylation is 1. The summed E-state index contributed by atoms with van der Waals surface area (Å²) in [6.07, 6.45) is 1.84. The Kier molecular flexibility index (Phi) is 4.79. The fourth-order valence-electron chi connectivity index (χ4n) is 2.72. The van der Waals surface area contributed by atoms with Crippen LogP contribution in [0.15, 0.2) is 54.7 Å². The first-order valence-corrected chi connectivity index (χ1v) is 8.22. The number of hydrogen-bond acceptors (Lipinski definition) is 2. The number of hydrogen-bond donors (Lipinski definition) is 2. The number of fused-ring (bicyclic) bond motifs is 1. The minimum Gasteiger partial charge on any atom is -0.337 e. The van der Waals surface area contributed by atoms with E-state index in [1.165, 1.54) is 5.56 Å². The first-order chi connectivity index (χ1) is 11.7. The van der Waals surface area contributed by atoms with Crippen LogP contribution in [0.25, 0.3) is 10.9 Å². The van der Waals surface area contributed by atoms with E-state index in [0.29, 0.717) is 6.54 Å². The number of nitrogens with one attached hydrogen (secondary N) is 2. The maximum atomic E-state index is 12.1. The zero-order chi connectivity index (χ0) is 16.9. The summed E-state index contributed by atoms with van der Waals surface area (Å²) in [6.45, 7) is 5.53. The first-order valence-electron chi connectivity index (χ1n) is 8.22. The molecule has 0 aliphatic heterocycles. The van der Waals surface area contributed by atoms with Crippen LogP contribution >= 0.6 is 0 Å². The lowest BCUT2D eigenvalue weighted by Crippen LogP contribution is -2.31. The zero-order valence-electron chi connectivity index (χ0n) is 14.0. The number of urea groups is 1. The van der Waals surface area contributed by atoms with E-state index >= 15 is 0 Å². The number of benzene rings is 2. The Morgan fingerprint density at radius 3 is 2.75 bits per heavy atom. The average molecular weight is 322 g/mol. The topological polar surface area (TPSA) is 59.0 Å². The molecule has 0 aliphatic rings. The quantitative estimate of drug-likeness (QED) is 0.746. The van der Waals surface area contributed by atoms with Gasteiger partial charge < -0.3 is 10.6 Å². The van der Waals surface area contributed by atoms with E-state index in [1.54, 1.807) is 0 Å². The number of amides is 2. The normalized spacial score (nSPS) is 12.1. The summed E-state index contributed by atoms with van der Waals surface area (Å²) >= 11 is 0. The van der Waals surface area contributed by atoms with Crippen LogP contribution in [0.4, 0.5) is 10.5 Å². The largest absolute Gasteiger partial charge is 0.337 e. The Labute approximate surface area is 141 Å². The number of carbonyl (C=O) groups excluding carboxylic acids is 1. The summed E-state index contributed by atoms with van der Waals surface area (Å²) in [5.41, 5.74) is 3.00. The van der Waals surface area contributed by atoms with Crippen molar-refractivity contribution in [1.82, 2.24) is 15.1 Å². The number of aromatic nitrogens is 2. The van der Waals surface area contributed by atoms with Crippen LogP contribution in [-0.4, -0.2) is 22.4 Å². The highest BCUT2D eigenvalue weighted by Crippen LogP contribution is 2.19. The summed E-state index contributed by atoms with van der Waals surface area (Å²) in [5, 5.41) is 11.2. The molecular formula is C19H22N4O. The summed E-state index contributed by atoms with van der Waals surface area (Å²) in [7, 11) is 0. The summed E-state index contributed by atoms with van der Waals surface area (Å²) in [5.74, 6) is 0.265. The second-order valence-electron chi connectivity index (χ2n) is 5.88. The zero-order valence-corrected chi connectivity index (χ0v) is 14.0. The molecule has 0 saturated heterocycles. The maximum Gasteiger partial charge on any atom is 0.319 e. The molecule has 0 saturated carbocycles. The van der Waals surface area contributed by atoms with Gasteiger partial charge in [0.1, 0.15) is 0 Å². The molecule has 3 aromatic rings. The molecule has 1 aromatic heterocycles. The van der Waals surface area contributed by atoms with E-state index in [9.17, 15) is 4.79 Å². The number of rotatable bonds is 5. The molecule has 0 radical (unpaired) electrons. The van der Waals surface area contributed by atoms with E-state index in [4.69, 9.17) is 0 Å². The van der Waals surface area contributed by atoms with Crippen LogP contribution in [0, 0.1) is 0 Å². The van der Waals surface area contributed by atoms with Crippen LogP contribution in [0.2, 0.25) is 0 Å². The number of carbonyl (C=O) groups is 1. The Morgan fingerprint density at radius 2 is 2.00 bits per heavy atom. The molecule has 2 N–H and O–H groups in total. The predicted octanol–water partition coefficient (Wildman–Crippen LogP) is 3.98. The van der Waals surface area contributed by atoms with Crippen LogP contribution in [-0.2, 0) is 6.54 Å². The van der Waals surface area contributed by atoms with Crippen LogP contribution < -0.4 is 10.6 Å². The lowest BCUT2D eigenvalue weighted by Gasteiger charge is -2.14. The molecule has 0 fully saturated rings. The summed E-state index contributed by atoms with van der Waals surface area (Å²) in [4.78, 5) is 12.1. The molecule has 1 atom stereocenters. The minimum atomic E-state index is -0.195. The second-order valence-corrected chi connectivity index (χ2v) is 5.88. The monoisotopic (exact) mass is 322 g/mol. The average Bonchev–Trinajstić information content (AvgIpc) is 3.02. The van der Waals surface area contributed by atoms with Crippen molar-refractivity contribution in [2.45, 2.75) is 26.3 Å². The summed E-state index contributed by atoms with van der Waals surface area (Å²) in [6, 6.07) is 15.8. The van der Waals surface area contributed by atoms with Crippen molar-refractivity contribution in [3.05, 3.63) is 60.3 Å². The van der Waals surface area contributed by atoms with Gasteiger partial charge >= 0.3 is 6.03 Å². The third kappa shape index (κ3) is 3.56. The fraction of sp³-hybridized carbons (Fsp3) is 0.263. The standard InChI is InChI=1S/C19H22N4O/c1-3-23-18-11-17(10-9-16(18)13-21-23)22-19(24)20-12-14(2)15-7-5-4-6-8-15/h4-11,13-14H,3,12H2,1-2H3,(H2,20,22,24)/t14-/m0/s1. The molecule has 0 unspecified atom stereocenters. The van der Waals surface area contributed by atoms with Gasteiger partial charge in [0.2, 0.25) is 0 Å². The highest BCUT2D eigenvalue weighted by atomic mass is 16.2. The van der Waals surface area contributed by atoms with Gasteiger partial charge in [-0.25, -0.2) is 4.79 Å². The van der Waals surface area contributed by atoms with E-state index in [2.05, 4.69) is 34.8 Å². The molecule has 24 heavy (non-hydrogen) atoms. The SMILES string of the molecule is CCn1ncc2ccc(NC(=O)NC[C@H](C)c3ccccc3)cc21. The van der Waals surface area contributed by atoms with Gasteiger partial charge in [0.25, 0.3) is 0 Å². The molecule has 0 bridgehead atoms. The molecular weight excluding hydrogens is 300 g/mol. The fourth-order valence-corrected chi connectivity index (χ4v) is 2.72. The van der Waals surface area contributed by atoms with E-state index in [-0.39, 0.29) is 11.9 Å². The second kappa shape index (κ2) is 7.17. The molecule has 5 heteroatoms. The molecule has 0 aliphatic carbocycles. The minimum absolute atomic E-state index is 0.195. The first kappa shape index (κ1) is 16.1. The molecule has 0 spiro atoms. The van der Waals surface area contributed by atoms with E-state index < -0.39 is 0 Å². The third-order valence-corrected chi connectivity index (χ3v) is 4.14. The lowest BCUT2D eigenvalue weighted by atomic mass is 10.0. The van der Waals surface area contributed by atoms with Gasteiger partial charge in [-0.1, -0.05) is 37.3 Å². The van der Waals surface area contributed by atoms with Gasteiger partial charge in [0.05, 0.1) is 11.7 Å². The molecule has 124 valence electrons. The Hall–Kier alpha value is -2.82. The Bertz CT molecular complexity index is 826.